The first kappa shape index (κ1) is 5.78. The van der Waals surface area contributed by atoms with Gasteiger partial charge in [0.15, 0.2) is 0 Å². The summed E-state index contributed by atoms with van der Waals surface area (Å²) in [5.74, 6) is 0. The Morgan fingerprint density at radius 2 is 2.30 bits per heavy atom. The minimum Gasteiger partial charge on any atom is -0.384 e. The Hall–Kier alpha value is -0.980. The van der Waals surface area contributed by atoms with Gasteiger partial charge >= 0.3 is 0 Å². The van der Waals surface area contributed by atoms with E-state index in [1.54, 1.807) is 0 Å². The molecule has 10 heavy (non-hydrogen) atoms. The fourth-order valence-corrected chi connectivity index (χ4v) is 1.28. The molecule has 0 saturated heterocycles. The lowest BCUT2D eigenvalue weighted by molar-refractivity contribution is 1.34. The maximum Gasteiger partial charge on any atom is 0.0376 e. The number of aryl methyl sites for hydroxylation is 1. The molecule has 0 aliphatic carbocycles. The van der Waals surface area contributed by atoms with E-state index >= 15 is 0 Å². The third-order valence-corrected chi connectivity index (χ3v) is 1.82. The summed E-state index contributed by atoms with van der Waals surface area (Å²) in [7, 11) is 0. The number of rotatable bonds is 0. The van der Waals surface area contributed by atoms with E-state index in [1.807, 2.05) is 0 Å². The number of fused-ring (bicyclic) bond motifs is 1. The van der Waals surface area contributed by atoms with Gasteiger partial charge in [-0.2, -0.15) is 0 Å². The maximum absolute atomic E-state index is 3.27. The van der Waals surface area contributed by atoms with Crippen LogP contribution in [-0.2, 0) is 0 Å². The van der Waals surface area contributed by atoms with Crippen LogP contribution in [0.15, 0.2) is 18.2 Å². The van der Waals surface area contributed by atoms with Crippen molar-refractivity contribution in [3.8, 4) is 0 Å². The van der Waals surface area contributed by atoms with Crippen molar-refractivity contribution in [2.45, 2.75) is 6.92 Å². The molecule has 1 heterocycles. The molecule has 1 radical (unpaired) electrons. The van der Waals surface area contributed by atoms with Crippen LogP contribution in [0.5, 0.6) is 0 Å². The molecule has 1 heteroatoms. The molecule has 0 unspecified atom stereocenters. The van der Waals surface area contributed by atoms with Crippen LogP contribution >= 0.6 is 0 Å². The van der Waals surface area contributed by atoms with Crippen LogP contribution in [0.25, 0.3) is 0 Å². The molecule has 1 aliphatic heterocycles. The van der Waals surface area contributed by atoms with Crippen molar-refractivity contribution in [1.29, 1.82) is 0 Å². The molecule has 2 rings (SSSR count). The van der Waals surface area contributed by atoms with Crippen molar-refractivity contribution in [3.05, 3.63) is 35.7 Å². The fraction of sp³-hybridized carbons (Fsp3) is 0.222. The third-order valence-electron chi connectivity index (χ3n) is 1.82. The van der Waals surface area contributed by atoms with Crippen molar-refractivity contribution in [2.24, 2.45) is 0 Å². The van der Waals surface area contributed by atoms with Gasteiger partial charge in [0.1, 0.15) is 0 Å². The molecule has 0 bridgehead atoms. The quantitative estimate of drug-likeness (QED) is 0.569. The molecule has 0 fully saturated rings. The summed E-state index contributed by atoms with van der Waals surface area (Å²) >= 11 is 0. The smallest absolute Gasteiger partial charge is 0.0376 e. The van der Waals surface area contributed by atoms with E-state index in [1.165, 1.54) is 16.8 Å². The molecule has 51 valence electrons. The molecular weight excluding hydrogens is 122 g/mol. The topological polar surface area (TPSA) is 12.0 Å². The summed E-state index contributed by atoms with van der Waals surface area (Å²) in [6.07, 6.45) is 2.21. The summed E-state index contributed by atoms with van der Waals surface area (Å²) in [6, 6.07) is 6.47. The highest BCUT2D eigenvalue weighted by Gasteiger charge is 2.08. The minimum absolute atomic E-state index is 0.985. The fourth-order valence-electron chi connectivity index (χ4n) is 1.28. The largest absolute Gasteiger partial charge is 0.384 e. The van der Waals surface area contributed by atoms with Gasteiger partial charge in [-0.15, -0.1) is 0 Å². The van der Waals surface area contributed by atoms with Gasteiger partial charge in [-0.1, -0.05) is 17.7 Å². The predicted molar refractivity (Wildman–Crippen MR) is 43.1 cm³/mol. The Morgan fingerprint density at radius 1 is 1.40 bits per heavy atom. The van der Waals surface area contributed by atoms with E-state index in [9.17, 15) is 0 Å². The first-order valence-electron chi connectivity index (χ1n) is 3.54. The van der Waals surface area contributed by atoms with Gasteiger partial charge in [-0.3, -0.25) is 0 Å². The highest BCUT2D eigenvalue weighted by Crippen LogP contribution is 2.23. The van der Waals surface area contributed by atoms with Gasteiger partial charge < -0.3 is 5.32 Å². The first-order chi connectivity index (χ1) is 4.86. The Kier molecular flexibility index (Phi) is 1.16. The van der Waals surface area contributed by atoms with Gasteiger partial charge in [0, 0.05) is 18.7 Å². The second kappa shape index (κ2) is 2.01. The van der Waals surface area contributed by atoms with Crippen molar-refractivity contribution in [2.75, 3.05) is 11.9 Å². The van der Waals surface area contributed by atoms with Gasteiger partial charge in [0.25, 0.3) is 0 Å². The zero-order valence-corrected chi connectivity index (χ0v) is 6.02. The molecule has 1 aromatic rings. The summed E-state index contributed by atoms with van der Waals surface area (Å²) in [5, 5.41) is 3.27. The van der Waals surface area contributed by atoms with Crippen molar-refractivity contribution < 1.29 is 0 Å². The van der Waals surface area contributed by atoms with Crippen molar-refractivity contribution >= 4 is 5.69 Å². The predicted octanol–water partition coefficient (Wildman–Crippen LogP) is 1.97. The average Bonchev–Trinajstić information content (AvgIpc) is 2.33. The number of nitrogens with one attached hydrogen (secondary N) is 1. The highest BCUT2D eigenvalue weighted by molar-refractivity contribution is 5.60. The van der Waals surface area contributed by atoms with Gasteiger partial charge in [-0.05, 0) is 18.6 Å². The Bertz CT molecular complexity index is 253. The van der Waals surface area contributed by atoms with Crippen LogP contribution < -0.4 is 5.32 Å². The van der Waals surface area contributed by atoms with Crippen LogP contribution in [-0.4, -0.2) is 6.54 Å². The Labute approximate surface area is 61.1 Å². The second-order valence-corrected chi connectivity index (χ2v) is 2.68. The van der Waals surface area contributed by atoms with Crippen molar-refractivity contribution in [3.63, 3.8) is 0 Å². The summed E-state index contributed by atoms with van der Waals surface area (Å²) in [5.41, 5.74) is 3.95. The number of benzene rings is 1. The van der Waals surface area contributed by atoms with Crippen LogP contribution in [0.4, 0.5) is 5.69 Å². The molecule has 1 N–H and O–H groups in total. The molecule has 0 spiro atoms. The lowest BCUT2D eigenvalue weighted by atomic mass is 10.1. The lowest BCUT2D eigenvalue weighted by Crippen LogP contribution is -1.89. The number of hydrogen-bond donors (Lipinski definition) is 1. The van der Waals surface area contributed by atoms with Crippen LogP contribution in [0.1, 0.15) is 11.1 Å². The maximum atomic E-state index is 3.27. The second-order valence-electron chi connectivity index (χ2n) is 2.68. The van der Waals surface area contributed by atoms with Crippen LogP contribution in [0.2, 0.25) is 0 Å². The lowest BCUT2D eigenvalue weighted by Gasteiger charge is -1.98. The van der Waals surface area contributed by atoms with E-state index in [0.717, 1.165) is 6.54 Å². The van der Waals surface area contributed by atoms with Gasteiger partial charge in [0.2, 0.25) is 0 Å². The monoisotopic (exact) mass is 132 g/mol. The Balaban J connectivity index is 2.52. The average molecular weight is 132 g/mol. The molecule has 1 aromatic carbocycles. The summed E-state index contributed by atoms with van der Waals surface area (Å²) in [4.78, 5) is 0. The Morgan fingerprint density at radius 3 is 3.20 bits per heavy atom. The third kappa shape index (κ3) is 0.783. The van der Waals surface area contributed by atoms with Crippen molar-refractivity contribution in [1.82, 2.24) is 0 Å². The van der Waals surface area contributed by atoms with Crippen LogP contribution in [0, 0.1) is 13.3 Å². The number of hydrogen-bond acceptors (Lipinski definition) is 1. The number of anilines is 1. The molecule has 0 amide bonds. The first-order valence-corrected chi connectivity index (χ1v) is 3.54. The van der Waals surface area contributed by atoms with E-state index in [4.69, 9.17) is 0 Å². The summed E-state index contributed by atoms with van der Waals surface area (Å²) in [6.45, 7) is 3.10. The van der Waals surface area contributed by atoms with E-state index < -0.39 is 0 Å². The summed E-state index contributed by atoms with van der Waals surface area (Å²) < 4.78 is 0. The van der Waals surface area contributed by atoms with E-state index in [2.05, 4.69) is 36.9 Å². The standard InChI is InChI=1S/C9H10N/c1-7-2-3-9-8(6-7)4-5-10-9/h2-4,6,10H,5H2,1H3. The zero-order chi connectivity index (χ0) is 6.97. The SMILES string of the molecule is Cc1ccc2c(c1)[CH]CN2. The van der Waals surface area contributed by atoms with Crippen LogP contribution in [0.3, 0.4) is 0 Å². The molecular formula is C9H10N. The zero-order valence-electron chi connectivity index (χ0n) is 6.02. The molecule has 0 aromatic heterocycles. The molecule has 1 nitrogen and oxygen atoms in total. The van der Waals surface area contributed by atoms with E-state index in [0.29, 0.717) is 0 Å². The molecule has 1 aliphatic rings. The van der Waals surface area contributed by atoms with Gasteiger partial charge in [0.05, 0.1) is 0 Å². The molecule has 0 saturated carbocycles. The molecule has 0 atom stereocenters. The minimum atomic E-state index is 0.985. The normalized spacial score (nSPS) is 14.5. The highest BCUT2D eigenvalue weighted by atomic mass is 14.9. The van der Waals surface area contributed by atoms with E-state index in [-0.39, 0.29) is 0 Å². The van der Waals surface area contributed by atoms with Gasteiger partial charge in [-0.25, -0.2) is 0 Å².